The molecule has 3 heterocycles. The van der Waals surface area contributed by atoms with Crippen LogP contribution in [0.1, 0.15) is 32.6 Å². The second-order valence-electron chi connectivity index (χ2n) is 8.50. The molecule has 0 bridgehead atoms. The van der Waals surface area contributed by atoms with Crippen molar-refractivity contribution in [1.82, 2.24) is 18.5 Å². The fraction of sp³-hybridized carbons (Fsp3) is 0.391. The van der Waals surface area contributed by atoms with Crippen molar-refractivity contribution in [2.24, 2.45) is 0 Å². The molecule has 0 radical (unpaired) electrons. The van der Waals surface area contributed by atoms with Crippen molar-refractivity contribution in [3.8, 4) is 0 Å². The first-order chi connectivity index (χ1) is 17.9. The van der Waals surface area contributed by atoms with E-state index in [-0.39, 0.29) is 22.7 Å². The van der Waals surface area contributed by atoms with Crippen molar-refractivity contribution in [2.75, 3.05) is 6.61 Å². The quantitative estimate of drug-likeness (QED) is 0.295. The van der Waals surface area contributed by atoms with Crippen LogP contribution in [-0.4, -0.2) is 69.8 Å². The van der Waals surface area contributed by atoms with Crippen LogP contribution in [-0.2, 0) is 43.4 Å². The van der Waals surface area contributed by atoms with Gasteiger partial charge in [0, 0.05) is 20.8 Å². The van der Waals surface area contributed by atoms with Crippen LogP contribution in [0.25, 0.3) is 11.2 Å². The third-order valence-electron chi connectivity index (χ3n) is 5.65. The summed E-state index contributed by atoms with van der Waals surface area (Å²) in [5, 5.41) is 0. The molecule has 15 heteroatoms. The van der Waals surface area contributed by atoms with Crippen molar-refractivity contribution in [3.63, 3.8) is 0 Å². The lowest BCUT2D eigenvalue weighted by Gasteiger charge is -2.23. The molecule has 202 valence electrons. The Morgan fingerprint density at radius 1 is 0.947 bits per heavy atom. The predicted molar refractivity (Wildman–Crippen MR) is 127 cm³/mol. The fourth-order valence-corrected chi connectivity index (χ4v) is 5.18. The van der Waals surface area contributed by atoms with Gasteiger partial charge in [-0.1, -0.05) is 17.7 Å². The molecule has 0 saturated carbocycles. The topological polar surface area (TPSA) is 175 Å². The molecule has 38 heavy (non-hydrogen) atoms. The van der Waals surface area contributed by atoms with Gasteiger partial charge in [-0.15, -0.1) is 0 Å². The van der Waals surface area contributed by atoms with E-state index < -0.39 is 58.0 Å². The number of nitrogens with zero attached hydrogens (tertiary/aromatic N) is 4. The minimum atomic E-state index is -4.27. The second-order valence-corrected chi connectivity index (χ2v) is 10.3. The Bertz CT molecular complexity index is 1560. The number of aromatic nitrogens is 4. The van der Waals surface area contributed by atoms with E-state index in [0.717, 1.165) is 32.1 Å². The first kappa shape index (κ1) is 26.9. The lowest BCUT2D eigenvalue weighted by atomic mass is 10.1. The SMILES string of the molecule is CC(=O)OCC1OC(n2cnc3c(=O)n(S(=O)(=O)c4ccc(C)cc4)cnc32)C(OC(C)=O)C1OC(C)=O. The number of imidazole rings is 1. The lowest BCUT2D eigenvalue weighted by Crippen LogP contribution is -2.40. The Kier molecular flexibility index (Phi) is 7.33. The van der Waals surface area contributed by atoms with E-state index in [1.54, 1.807) is 19.1 Å². The number of hydrogen-bond donors (Lipinski definition) is 0. The van der Waals surface area contributed by atoms with Gasteiger partial charge in [-0.25, -0.2) is 18.4 Å². The Labute approximate surface area is 216 Å². The van der Waals surface area contributed by atoms with Crippen molar-refractivity contribution in [3.05, 3.63) is 52.8 Å². The molecule has 14 nitrogen and oxygen atoms in total. The molecule has 0 spiro atoms. The Hall–Kier alpha value is -4.11. The van der Waals surface area contributed by atoms with Crippen LogP contribution in [0.15, 0.2) is 46.6 Å². The molecule has 0 amide bonds. The highest BCUT2D eigenvalue weighted by Gasteiger charge is 2.51. The van der Waals surface area contributed by atoms with Gasteiger partial charge < -0.3 is 18.9 Å². The third-order valence-corrected chi connectivity index (χ3v) is 7.29. The molecule has 4 atom stereocenters. The highest BCUT2D eigenvalue weighted by Crippen LogP contribution is 2.35. The third kappa shape index (κ3) is 5.15. The van der Waals surface area contributed by atoms with Crippen LogP contribution in [0.4, 0.5) is 0 Å². The van der Waals surface area contributed by atoms with Gasteiger partial charge in [-0.3, -0.25) is 23.7 Å². The number of ether oxygens (including phenoxy) is 4. The number of carbonyl (C=O) groups is 3. The molecule has 4 rings (SSSR count). The van der Waals surface area contributed by atoms with E-state index in [1.807, 2.05) is 0 Å². The number of aryl methyl sites for hydroxylation is 1. The van der Waals surface area contributed by atoms with Gasteiger partial charge in [0.05, 0.1) is 11.2 Å². The monoisotopic (exact) mass is 548 g/mol. The maximum atomic E-state index is 13.2. The van der Waals surface area contributed by atoms with E-state index in [4.69, 9.17) is 18.9 Å². The zero-order valence-electron chi connectivity index (χ0n) is 20.8. The summed E-state index contributed by atoms with van der Waals surface area (Å²) in [6.07, 6.45) is -2.69. The number of rotatable bonds is 7. The van der Waals surface area contributed by atoms with E-state index in [1.165, 1.54) is 23.6 Å². The number of fused-ring (bicyclic) bond motifs is 1. The maximum absolute atomic E-state index is 13.2. The Balaban J connectivity index is 1.77. The van der Waals surface area contributed by atoms with Gasteiger partial charge in [-0.05, 0) is 19.1 Å². The molecule has 2 aromatic heterocycles. The Morgan fingerprint density at radius 2 is 1.58 bits per heavy atom. The van der Waals surface area contributed by atoms with Crippen LogP contribution in [0.3, 0.4) is 0 Å². The molecule has 1 aliphatic rings. The summed E-state index contributed by atoms with van der Waals surface area (Å²) >= 11 is 0. The molecule has 1 saturated heterocycles. The van der Waals surface area contributed by atoms with Crippen LogP contribution in [0, 0.1) is 6.92 Å². The molecule has 1 aliphatic heterocycles. The van der Waals surface area contributed by atoms with E-state index >= 15 is 0 Å². The molecular formula is C23H24N4O10S. The average Bonchev–Trinajstić information content (AvgIpc) is 3.39. The zero-order chi connectivity index (χ0) is 27.8. The minimum absolute atomic E-state index is 0.0813. The van der Waals surface area contributed by atoms with Gasteiger partial charge in [0.1, 0.15) is 19.0 Å². The van der Waals surface area contributed by atoms with Crippen molar-refractivity contribution in [1.29, 1.82) is 0 Å². The Morgan fingerprint density at radius 3 is 2.18 bits per heavy atom. The zero-order valence-corrected chi connectivity index (χ0v) is 21.6. The predicted octanol–water partition coefficient (Wildman–Crippen LogP) is 0.462. The van der Waals surface area contributed by atoms with Gasteiger partial charge in [0.2, 0.25) is 0 Å². The first-order valence-electron chi connectivity index (χ1n) is 11.3. The number of esters is 3. The molecule has 4 unspecified atom stereocenters. The number of hydrogen-bond acceptors (Lipinski definition) is 12. The molecule has 0 aliphatic carbocycles. The summed E-state index contributed by atoms with van der Waals surface area (Å²) in [5.74, 6) is -2.05. The van der Waals surface area contributed by atoms with Crippen LogP contribution in [0.2, 0.25) is 0 Å². The van der Waals surface area contributed by atoms with Crippen molar-refractivity contribution < 1.29 is 41.7 Å². The summed E-state index contributed by atoms with van der Waals surface area (Å²) in [7, 11) is -4.27. The normalized spacial score (nSPS) is 21.3. The largest absolute Gasteiger partial charge is 0.463 e. The number of carbonyl (C=O) groups excluding carboxylic acids is 3. The molecule has 1 fully saturated rings. The van der Waals surface area contributed by atoms with Gasteiger partial charge in [0.15, 0.2) is 29.6 Å². The van der Waals surface area contributed by atoms with Gasteiger partial charge >= 0.3 is 17.9 Å². The first-order valence-corrected chi connectivity index (χ1v) is 12.7. The van der Waals surface area contributed by atoms with Crippen molar-refractivity contribution in [2.45, 2.75) is 57.1 Å². The van der Waals surface area contributed by atoms with Crippen LogP contribution < -0.4 is 5.56 Å². The summed E-state index contributed by atoms with van der Waals surface area (Å²) in [4.78, 5) is 56.2. The maximum Gasteiger partial charge on any atom is 0.303 e. The average molecular weight is 549 g/mol. The second kappa shape index (κ2) is 10.3. The summed E-state index contributed by atoms with van der Waals surface area (Å²) in [6, 6.07) is 5.93. The minimum Gasteiger partial charge on any atom is -0.463 e. The smallest absolute Gasteiger partial charge is 0.303 e. The van der Waals surface area contributed by atoms with Gasteiger partial charge in [0.25, 0.3) is 15.6 Å². The molecule has 1 aromatic carbocycles. The summed E-state index contributed by atoms with van der Waals surface area (Å²) in [6.45, 7) is 4.93. The van der Waals surface area contributed by atoms with Gasteiger partial charge in [-0.2, -0.15) is 3.97 Å². The lowest BCUT2D eigenvalue weighted by molar-refractivity contribution is -0.166. The summed E-state index contributed by atoms with van der Waals surface area (Å²) < 4.78 is 49.5. The molecular weight excluding hydrogens is 524 g/mol. The van der Waals surface area contributed by atoms with Crippen LogP contribution >= 0.6 is 0 Å². The van der Waals surface area contributed by atoms with E-state index in [9.17, 15) is 27.6 Å². The number of benzene rings is 1. The standard InChI is InChI=1S/C23H24N4O10S/c1-12-5-7-16(8-6-12)38(32,33)27-11-25-21-18(22(27)31)24-10-26(21)23-20(36-15(4)30)19(35-14(3)29)17(37-23)9-34-13(2)28/h5-8,10-11,17,19-20,23H,9H2,1-4H3. The van der Waals surface area contributed by atoms with E-state index in [2.05, 4.69) is 9.97 Å². The fourth-order valence-electron chi connectivity index (χ4n) is 4.00. The van der Waals surface area contributed by atoms with Crippen LogP contribution in [0.5, 0.6) is 0 Å². The van der Waals surface area contributed by atoms with E-state index in [0.29, 0.717) is 3.97 Å². The molecule has 0 N–H and O–H groups in total. The highest BCUT2D eigenvalue weighted by atomic mass is 32.2. The van der Waals surface area contributed by atoms with Crippen molar-refractivity contribution >= 4 is 39.1 Å². The summed E-state index contributed by atoms with van der Waals surface area (Å²) in [5.41, 5.74) is -0.519. The molecule has 3 aromatic rings. The highest BCUT2D eigenvalue weighted by molar-refractivity contribution is 7.90.